The van der Waals surface area contributed by atoms with Gasteiger partial charge in [0.2, 0.25) is 0 Å². The molecule has 0 amide bonds. The van der Waals surface area contributed by atoms with Crippen LogP contribution in [0.25, 0.3) is 0 Å². The lowest BCUT2D eigenvalue weighted by Gasteiger charge is -2.12. The number of ether oxygens (including phenoxy) is 2. The van der Waals surface area contributed by atoms with Crippen LogP contribution in [-0.4, -0.2) is 31.0 Å². The molecule has 0 heterocycles. The van der Waals surface area contributed by atoms with Gasteiger partial charge < -0.3 is 14.6 Å². The standard InChI is InChI=1S/C17H15ClINO4/c1-10-3-4-12(18)7-14(10)20-8-11-5-13(19)17(15(6-11)23-2)24-9-16(21)22/h3-8H,9H2,1-2H3,(H,21,22). The number of aliphatic carboxylic acids is 1. The van der Waals surface area contributed by atoms with E-state index in [4.69, 9.17) is 26.2 Å². The minimum absolute atomic E-state index is 0.400. The molecule has 0 unspecified atom stereocenters. The van der Waals surface area contributed by atoms with Crippen molar-refractivity contribution < 1.29 is 19.4 Å². The first-order valence-corrected chi connectivity index (χ1v) is 8.38. The van der Waals surface area contributed by atoms with Crippen LogP contribution < -0.4 is 9.47 Å². The van der Waals surface area contributed by atoms with E-state index in [-0.39, 0.29) is 0 Å². The first kappa shape index (κ1) is 18.5. The van der Waals surface area contributed by atoms with Gasteiger partial charge in [0.1, 0.15) is 0 Å². The average molecular weight is 460 g/mol. The Morgan fingerprint density at radius 1 is 1.38 bits per heavy atom. The van der Waals surface area contributed by atoms with Crippen LogP contribution in [0.3, 0.4) is 0 Å². The number of aryl methyl sites for hydroxylation is 1. The Morgan fingerprint density at radius 2 is 2.12 bits per heavy atom. The molecule has 0 saturated carbocycles. The van der Waals surface area contributed by atoms with Gasteiger partial charge in [0.15, 0.2) is 18.1 Å². The summed E-state index contributed by atoms with van der Waals surface area (Å²) in [5.41, 5.74) is 2.60. The zero-order valence-corrected chi connectivity index (χ0v) is 16.0. The van der Waals surface area contributed by atoms with Crippen molar-refractivity contribution in [2.24, 2.45) is 4.99 Å². The molecule has 0 radical (unpaired) electrons. The van der Waals surface area contributed by atoms with Gasteiger partial charge in [-0.25, -0.2) is 4.79 Å². The molecule has 0 spiro atoms. The van der Waals surface area contributed by atoms with E-state index in [0.29, 0.717) is 16.5 Å². The summed E-state index contributed by atoms with van der Waals surface area (Å²) in [5, 5.41) is 9.36. The molecule has 0 aromatic heterocycles. The summed E-state index contributed by atoms with van der Waals surface area (Å²) in [6.07, 6.45) is 1.70. The van der Waals surface area contributed by atoms with E-state index < -0.39 is 12.6 Å². The van der Waals surface area contributed by atoms with Crippen LogP contribution in [0, 0.1) is 10.5 Å². The van der Waals surface area contributed by atoms with Crippen LogP contribution >= 0.6 is 34.2 Å². The lowest BCUT2D eigenvalue weighted by Crippen LogP contribution is -2.11. The van der Waals surface area contributed by atoms with Crippen LogP contribution in [0.5, 0.6) is 11.5 Å². The molecule has 126 valence electrons. The normalized spacial score (nSPS) is 10.8. The lowest BCUT2D eigenvalue weighted by atomic mass is 10.2. The van der Waals surface area contributed by atoms with E-state index in [0.717, 1.165) is 20.4 Å². The molecule has 0 saturated heterocycles. The van der Waals surface area contributed by atoms with Crippen molar-refractivity contribution in [1.29, 1.82) is 0 Å². The van der Waals surface area contributed by atoms with Crippen molar-refractivity contribution in [2.45, 2.75) is 6.92 Å². The Morgan fingerprint density at radius 3 is 2.79 bits per heavy atom. The van der Waals surface area contributed by atoms with Gasteiger partial charge in [-0.15, -0.1) is 0 Å². The fourth-order valence-corrected chi connectivity index (χ4v) is 2.90. The minimum atomic E-state index is -1.05. The fraction of sp³-hybridized carbons (Fsp3) is 0.176. The van der Waals surface area contributed by atoms with Crippen LogP contribution in [0.2, 0.25) is 5.02 Å². The topological polar surface area (TPSA) is 68.1 Å². The summed E-state index contributed by atoms with van der Waals surface area (Å²) >= 11 is 8.06. The van der Waals surface area contributed by atoms with Crippen molar-refractivity contribution in [3.8, 4) is 11.5 Å². The summed E-state index contributed by atoms with van der Waals surface area (Å²) in [6.45, 7) is 1.53. The summed E-state index contributed by atoms with van der Waals surface area (Å²) in [4.78, 5) is 15.1. The third-order valence-electron chi connectivity index (χ3n) is 3.12. The lowest BCUT2D eigenvalue weighted by molar-refractivity contribution is -0.139. The number of halogens is 2. The third kappa shape index (κ3) is 4.85. The summed E-state index contributed by atoms with van der Waals surface area (Å²) in [6, 6.07) is 9.09. The zero-order valence-electron chi connectivity index (χ0n) is 13.0. The number of hydrogen-bond acceptors (Lipinski definition) is 4. The number of carbonyl (C=O) groups is 1. The summed E-state index contributed by atoms with van der Waals surface area (Å²) in [5.74, 6) is -0.195. The number of benzene rings is 2. The smallest absolute Gasteiger partial charge is 0.341 e. The predicted molar refractivity (Wildman–Crippen MR) is 102 cm³/mol. The molecular weight excluding hydrogens is 445 g/mol. The molecule has 0 fully saturated rings. The molecule has 2 aromatic carbocycles. The van der Waals surface area contributed by atoms with E-state index in [9.17, 15) is 4.79 Å². The number of nitrogens with zero attached hydrogens (tertiary/aromatic N) is 1. The fourth-order valence-electron chi connectivity index (χ4n) is 1.95. The van der Waals surface area contributed by atoms with Crippen molar-refractivity contribution in [3.63, 3.8) is 0 Å². The van der Waals surface area contributed by atoms with Crippen LogP contribution in [0.4, 0.5) is 5.69 Å². The van der Waals surface area contributed by atoms with Crippen molar-refractivity contribution in [3.05, 3.63) is 50.1 Å². The highest BCUT2D eigenvalue weighted by atomic mass is 127. The highest BCUT2D eigenvalue weighted by Gasteiger charge is 2.12. The number of carboxylic acid groups (broad SMARTS) is 1. The number of hydrogen-bond donors (Lipinski definition) is 1. The van der Waals surface area contributed by atoms with Gasteiger partial charge in [-0.2, -0.15) is 0 Å². The maximum Gasteiger partial charge on any atom is 0.341 e. The molecule has 1 N–H and O–H groups in total. The van der Waals surface area contributed by atoms with Crippen molar-refractivity contribution >= 4 is 52.1 Å². The first-order valence-electron chi connectivity index (χ1n) is 6.93. The van der Waals surface area contributed by atoms with E-state index in [2.05, 4.69) is 27.6 Å². The Labute approximate surface area is 158 Å². The quantitative estimate of drug-likeness (QED) is 0.511. The van der Waals surface area contributed by atoms with Crippen LogP contribution in [0.15, 0.2) is 35.3 Å². The molecule has 0 bridgehead atoms. The second-order valence-corrected chi connectivity index (χ2v) is 6.50. The monoisotopic (exact) mass is 459 g/mol. The SMILES string of the molecule is COc1cc(C=Nc2cc(Cl)ccc2C)cc(I)c1OCC(=O)O. The zero-order chi connectivity index (χ0) is 17.7. The van der Waals surface area contributed by atoms with E-state index in [1.807, 2.05) is 25.1 Å². The number of aliphatic imine (C=N–C) groups is 1. The first-order chi connectivity index (χ1) is 11.4. The molecule has 2 aromatic rings. The average Bonchev–Trinajstić information content (AvgIpc) is 2.53. The number of methoxy groups -OCH3 is 1. The molecule has 0 aliphatic carbocycles. The molecule has 5 nitrogen and oxygen atoms in total. The minimum Gasteiger partial charge on any atom is -0.493 e. The summed E-state index contributed by atoms with van der Waals surface area (Å²) in [7, 11) is 1.50. The Balaban J connectivity index is 2.31. The largest absolute Gasteiger partial charge is 0.493 e. The van der Waals surface area contributed by atoms with Gasteiger partial charge in [-0.05, 0) is 64.9 Å². The maximum absolute atomic E-state index is 10.7. The molecule has 2 rings (SSSR count). The second kappa shape index (κ2) is 8.34. The molecular formula is C17H15ClINO4. The highest BCUT2D eigenvalue weighted by molar-refractivity contribution is 14.1. The Bertz CT molecular complexity index is 792. The van der Waals surface area contributed by atoms with Crippen molar-refractivity contribution in [1.82, 2.24) is 0 Å². The molecule has 0 aliphatic heterocycles. The van der Waals surface area contributed by atoms with Gasteiger partial charge in [-0.1, -0.05) is 17.7 Å². The van der Waals surface area contributed by atoms with Gasteiger partial charge >= 0.3 is 5.97 Å². The predicted octanol–water partition coefficient (Wildman–Crippen LogP) is 4.48. The van der Waals surface area contributed by atoms with Crippen LogP contribution in [0.1, 0.15) is 11.1 Å². The van der Waals surface area contributed by atoms with E-state index >= 15 is 0 Å². The molecule has 0 aliphatic rings. The van der Waals surface area contributed by atoms with Crippen molar-refractivity contribution in [2.75, 3.05) is 13.7 Å². The van der Waals surface area contributed by atoms with Crippen LogP contribution in [-0.2, 0) is 4.79 Å². The number of carboxylic acids is 1. The molecule has 7 heteroatoms. The maximum atomic E-state index is 10.7. The Hall–Kier alpha value is -1.80. The highest BCUT2D eigenvalue weighted by Crippen LogP contribution is 2.33. The number of rotatable bonds is 6. The molecule has 0 atom stereocenters. The van der Waals surface area contributed by atoms with Gasteiger partial charge in [0.25, 0.3) is 0 Å². The van der Waals surface area contributed by atoms with E-state index in [1.54, 1.807) is 18.3 Å². The van der Waals surface area contributed by atoms with E-state index in [1.165, 1.54) is 7.11 Å². The summed E-state index contributed by atoms with van der Waals surface area (Å²) < 4.78 is 11.3. The third-order valence-corrected chi connectivity index (χ3v) is 4.15. The Kier molecular flexibility index (Phi) is 6.44. The van der Waals surface area contributed by atoms with Gasteiger partial charge in [0.05, 0.1) is 16.4 Å². The van der Waals surface area contributed by atoms with Gasteiger partial charge in [0, 0.05) is 11.2 Å². The van der Waals surface area contributed by atoms with Gasteiger partial charge in [-0.3, -0.25) is 4.99 Å². The molecule has 24 heavy (non-hydrogen) atoms. The second-order valence-electron chi connectivity index (χ2n) is 4.91.